The average molecular weight is 307 g/mol. The second-order valence-corrected chi connectivity index (χ2v) is 6.43. The first kappa shape index (κ1) is 15.3. The van der Waals surface area contributed by atoms with Gasteiger partial charge in [-0.1, -0.05) is 30.3 Å². The Hall–Kier alpha value is -2.55. The molecule has 0 aliphatic carbocycles. The van der Waals surface area contributed by atoms with Gasteiger partial charge in [-0.05, 0) is 38.0 Å². The maximum atomic E-state index is 11.4. The van der Waals surface area contributed by atoms with Crippen LogP contribution in [0.4, 0.5) is 0 Å². The minimum Gasteiger partial charge on any atom is -0.497 e. The first-order chi connectivity index (χ1) is 11.0. The van der Waals surface area contributed by atoms with Gasteiger partial charge in [0.2, 0.25) is 0 Å². The molecule has 0 bridgehead atoms. The van der Waals surface area contributed by atoms with E-state index in [-0.39, 0.29) is 5.54 Å². The standard InChI is InChI=1S/C20H21NO2/c1-20(2,12-15-7-5-4-6-8-15)21-13-16(14-22)18-10-9-17(23-3)11-19(18)21/h4-11,13-14H,12H2,1-3H3. The molecule has 0 radical (unpaired) electrons. The summed E-state index contributed by atoms with van der Waals surface area (Å²) in [5.74, 6) is 0.796. The molecule has 3 rings (SSSR count). The highest BCUT2D eigenvalue weighted by atomic mass is 16.5. The molecule has 0 fully saturated rings. The minimum absolute atomic E-state index is 0.159. The molecule has 3 aromatic rings. The third-order valence-corrected chi connectivity index (χ3v) is 4.30. The molecule has 0 atom stereocenters. The lowest BCUT2D eigenvalue weighted by atomic mass is 9.94. The summed E-state index contributed by atoms with van der Waals surface area (Å²) in [5.41, 5.74) is 2.85. The maximum Gasteiger partial charge on any atom is 0.152 e. The van der Waals surface area contributed by atoms with E-state index >= 15 is 0 Å². The van der Waals surface area contributed by atoms with E-state index in [1.54, 1.807) is 7.11 Å². The highest BCUT2D eigenvalue weighted by Gasteiger charge is 2.24. The zero-order chi connectivity index (χ0) is 16.4. The Morgan fingerprint density at radius 2 is 1.87 bits per heavy atom. The summed E-state index contributed by atoms with van der Waals surface area (Å²) in [6.45, 7) is 4.38. The quantitative estimate of drug-likeness (QED) is 0.653. The number of carbonyl (C=O) groups is 1. The first-order valence-electron chi connectivity index (χ1n) is 7.74. The third-order valence-electron chi connectivity index (χ3n) is 4.30. The molecule has 1 heterocycles. The predicted molar refractivity (Wildman–Crippen MR) is 93.3 cm³/mol. The Labute approximate surface area is 136 Å². The van der Waals surface area contributed by atoms with Crippen molar-refractivity contribution in [2.45, 2.75) is 25.8 Å². The monoisotopic (exact) mass is 307 g/mol. The number of benzene rings is 2. The van der Waals surface area contributed by atoms with Crippen molar-refractivity contribution in [2.24, 2.45) is 0 Å². The molecule has 23 heavy (non-hydrogen) atoms. The number of nitrogens with zero attached hydrogens (tertiary/aromatic N) is 1. The van der Waals surface area contributed by atoms with Crippen LogP contribution in [0.3, 0.4) is 0 Å². The molecular weight excluding hydrogens is 286 g/mol. The van der Waals surface area contributed by atoms with Crippen LogP contribution >= 0.6 is 0 Å². The molecule has 3 nitrogen and oxygen atoms in total. The van der Waals surface area contributed by atoms with Gasteiger partial charge in [-0.15, -0.1) is 0 Å². The number of aldehydes is 1. The summed E-state index contributed by atoms with van der Waals surface area (Å²) in [6, 6.07) is 16.2. The summed E-state index contributed by atoms with van der Waals surface area (Å²) < 4.78 is 7.53. The van der Waals surface area contributed by atoms with Gasteiger partial charge in [0.1, 0.15) is 5.75 Å². The molecule has 1 aromatic heterocycles. The second-order valence-electron chi connectivity index (χ2n) is 6.43. The molecule has 2 aromatic carbocycles. The van der Waals surface area contributed by atoms with Gasteiger partial charge in [0.25, 0.3) is 0 Å². The SMILES string of the molecule is COc1ccc2c(C=O)cn(C(C)(C)Cc3ccccc3)c2c1. The van der Waals surface area contributed by atoms with Crippen LogP contribution in [0.1, 0.15) is 29.8 Å². The third kappa shape index (κ3) is 2.87. The van der Waals surface area contributed by atoms with Crippen LogP contribution in [0, 0.1) is 0 Å². The Morgan fingerprint density at radius 3 is 2.52 bits per heavy atom. The van der Waals surface area contributed by atoms with Crippen LogP contribution in [0.5, 0.6) is 5.75 Å². The van der Waals surface area contributed by atoms with Crippen molar-refractivity contribution in [2.75, 3.05) is 7.11 Å². The van der Waals surface area contributed by atoms with E-state index < -0.39 is 0 Å². The second kappa shape index (κ2) is 5.92. The summed E-state index contributed by atoms with van der Waals surface area (Å²) in [6.07, 6.45) is 3.75. The number of hydrogen-bond acceptors (Lipinski definition) is 2. The maximum absolute atomic E-state index is 11.4. The van der Waals surface area contributed by atoms with Crippen LogP contribution in [-0.2, 0) is 12.0 Å². The largest absolute Gasteiger partial charge is 0.497 e. The summed E-state index contributed by atoms with van der Waals surface area (Å²) in [5, 5.41) is 0.960. The summed E-state index contributed by atoms with van der Waals surface area (Å²) in [4.78, 5) is 11.4. The fraction of sp³-hybridized carbons (Fsp3) is 0.250. The van der Waals surface area contributed by atoms with Gasteiger partial charge in [0.05, 0.1) is 12.6 Å². The summed E-state index contributed by atoms with van der Waals surface area (Å²) in [7, 11) is 1.66. The van der Waals surface area contributed by atoms with Gasteiger partial charge < -0.3 is 9.30 Å². The van der Waals surface area contributed by atoms with Crippen molar-refractivity contribution < 1.29 is 9.53 Å². The molecule has 0 aliphatic rings. The zero-order valence-corrected chi connectivity index (χ0v) is 13.7. The molecule has 118 valence electrons. The molecular formula is C20H21NO2. The van der Waals surface area contributed by atoms with E-state index in [0.717, 1.165) is 29.4 Å². The Kier molecular flexibility index (Phi) is 3.95. The number of methoxy groups -OCH3 is 1. The smallest absolute Gasteiger partial charge is 0.152 e. The minimum atomic E-state index is -0.159. The molecule has 0 spiro atoms. The molecule has 0 amide bonds. The van der Waals surface area contributed by atoms with Crippen molar-refractivity contribution in [1.82, 2.24) is 4.57 Å². The molecule has 0 saturated heterocycles. The first-order valence-corrected chi connectivity index (χ1v) is 7.74. The topological polar surface area (TPSA) is 31.2 Å². The lowest BCUT2D eigenvalue weighted by Gasteiger charge is -2.28. The van der Waals surface area contributed by atoms with Gasteiger partial charge >= 0.3 is 0 Å². The summed E-state index contributed by atoms with van der Waals surface area (Å²) >= 11 is 0. The number of fused-ring (bicyclic) bond motifs is 1. The fourth-order valence-electron chi connectivity index (χ4n) is 3.14. The lowest BCUT2D eigenvalue weighted by molar-refractivity contribution is 0.112. The van der Waals surface area contributed by atoms with Gasteiger partial charge in [-0.2, -0.15) is 0 Å². The van der Waals surface area contributed by atoms with E-state index in [0.29, 0.717) is 5.56 Å². The Balaban J connectivity index is 2.11. The van der Waals surface area contributed by atoms with Crippen molar-refractivity contribution >= 4 is 17.2 Å². The van der Waals surface area contributed by atoms with Crippen LogP contribution in [0.25, 0.3) is 10.9 Å². The van der Waals surface area contributed by atoms with Crippen LogP contribution in [0.15, 0.2) is 54.7 Å². The fourth-order valence-corrected chi connectivity index (χ4v) is 3.14. The van der Waals surface area contributed by atoms with E-state index in [1.807, 2.05) is 30.5 Å². The number of rotatable bonds is 5. The van der Waals surface area contributed by atoms with E-state index in [1.165, 1.54) is 5.56 Å². The van der Waals surface area contributed by atoms with E-state index in [2.05, 4.69) is 42.7 Å². The van der Waals surface area contributed by atoms with Crippen molar-refractivity contribution in [1.29, 1.82) is 0 Å². The molecule has 0 unspecified atom stereocenters. The van der Waals surface area contributed by atoms with Crippen LogP contribution < -0.4 is 4.74 Å². The molecule has 0 aliphatic heterocycles. The lowest BCUT2D eigenvalue weighted by Crippen LogP contribution is -2.28. The van der Waals surface area contributed by atoms with Crippen LogP contribution in [0.2, 0.25) is 0 Å². The van der Waals surface area contributed by atoms with Gasteiger partial charge in [0.15, 0.2) is 6.29 Å². The predicted octanol–water partition coefficient (Wildman–Crippen LogP) is 4.44. The van der Waals surface area contributed by atoms with Crippen molar-refractivity contribution in [3.05, 3.63) is 65.9 Å². The van der Waals surface area contributed by atoms with Gasteiger partial charge in [-0.25, -0.2) is 0 Å². The number of ether oxygens (including phenoxy) is 1. The number of hydrogen-bond donors (Lipinski definition) is 0. The highest BCUT2D eigenvalue weighted by Crippen LogP contribution is 2.31. The Morgan fingerprint density at radius 1 is 1.13 bits per heavy atom. The van der Waals surface area contributed by atoms with Gasteiger partial charge in [-0.3, -0.25) is 4.79 Å². The molecule has 0 saturated carbocycles. The van der Waals surface area contributed by atoms with E-state index in [4.69, 9.17) is 4.74 Å². The Bertz CT molecular complexity index is 831. The normalized spacial score (nSPS) is 11.6. The molecule has 0 N–H and O–H groups in total. The average Bonchev–Trinajstić information content (AvgIpc) is 2.94. The number of aromatic nitrogens is 1. The molecule has 3 heteroatoms. The highest BCUT2D eigenvalue weighted by molar-refractivity contribution is 5.98. The van der Waals surface area contributed by atoms with Crippen molar-refractivity contribution in [3.8, 4) is 5.75 Å². The number of carbonyl (C=O) groups excluding carboxylic acids is 1. The van der Waals surface area contributed by atoms with Gasteiger partial charge in [0, 0.05) is 28.8 Å². The van der Waals surface area contributed by atoms with Crippen LogP contribution in [-0.4, -0.2) is 18.0 Å². The van der Waals surface area contributed by atoms with E-state index in [9.17, 15) is 4.79 Å². The zero-order valence-electron chi connectivity index (χ0n) is 13.7. The van der Waals surface area contributed by atoms with Crippen molar-refractivity contribution in [3.63, 3.8) is 0 Å².